The molecule has 0 radical (unpaired) electrons. The van der Waals surface area contributed by atoms with Crippen molar-refractivity contribution in [2.45, 2.75) is 31.5 Å². The molecule has 17 heavy (non-hydrogen) atoms. The molecule has 0 fully saturated rings. The summed E-state index contributed by atoms with van der Waals surface area (Å²) in [6.07, 6.45) is 1.36. The van der Waals surface area contributed by atoms with Crippen LogP contribution in [0.5, 0.6) is 0 Å². The number of terminal acetylenes is 1. The zero-order chi connectivity index (χ0) is 12.9. The van der Waals surface area contributed by atoms with Gasteiger partial charge in [0, 0.05) is 6.42 Å². The van der Waals surface area contributed by atoms with Gasteiger partial charge < -0.3 is 5.11 Å². The van der Waals surface area contributed by atoms with E-state index in [1.54, 1.807) is 0 Å². The first-order valence-electron chi connectivity index (χ1n) is 5.21. The van der Waals surface area contributed by atoms with E-state index in [1.807, 2.05) is 0 Å². The summed E-state index contributed by atoms with van der Waals surface area (Å²) in [5.41, 5.74) is -0.0121. The number of benzene rings is 1. The van der Waals surface area contributed by atoms with Gasteiger partial charge in [-0.2, -0.15) is 13.2 Å². The standard InChI is InChI=1S/C13H13F3O/c1-2-3-4-12(17)9-10-5-7-11(8-6-10)13(14,15)16/h1,5-8,12,17H,3-4,9H2. The van der Waals surface area contributed by atoms with E-state index >= 15 is 0 Å². The van der Waals surface area contributed by atoms with E-state index in [-0.39, 0.29) is 0 Å². The number of rotatable bonds is 4. The Morgan fingerprint density at radius 2 is 1.82 bits per heavy atom. The van der Waals surface area contributed by atoms with Crippen molar-refractivity contribution in [3.8, 4) is 12.3 Å². The first kappa shape index (κ1) is 13.6. The van der Waals surface area contributed by atoms with E-state index in [1.165, 1.54) is 12.1 Å². The van der Waals surface area contributed by atoms with Crippen molar-refractivity contribution < 1.29 is 18.3 Å². The van der Waals surface area contributed by atoms with Gasteiger partial charge in [-0.25, -0.2) is 0 Å². The molecule has 1 unspecified atom stereocenters. The molecule has 1 aromatic rings. The van der Waals surface area contributed by atoms with Crippen LogP contribution in [0, 0.1) is 12.3 Å². The Kier molecular flexibility index (Phi) is 4.59. The van der Waals surface area contributed by atoms with Crippen molar-refractivity contribution in [2.75, 3.05) is 0 Å². The molecular formula is C13H13F3O. The molecule has 0 amide bonds. The average molecular weight is 242 g/mol. The molecule has 1 atom stereocenters. The maximum absolute atomic E-state index is 12.3. The lowest BCUT2D eigenvalue weighted by Gasteiger charge is -2.10. The fourth-order valence-electron chi connectivity index (χ4n) is 1.45. The fourth-order valence-corrected chi connectivity index (χ4v) is 1.45. The number of hydrogen-bond donors (Lipinski definition) is 1. The molecule has 1 aromatic carbocycles. The minimum atomic E-state index is -4.32. The van der Waals surface area contributed by atoms with Gasteiger partial charge in [-0.1, -0.05) is 12.1 Å². The molecule has 0 aromatic heterocycles. The Bertz CT molecular complexity index is 387. The summed E-state index contributed by atoms with van der Waals surface area (Å²) in [6.45, 7) is 0. The molecule has 0 bridgehead atoms. The van der Waals surface area contributed by atoms with Crippen molar-refractivity contribution >= 4 is 0 Å². The molecule has 0 saturated heterocycles. The van der Waals surface area contributed by atoms with Gasteiger partial charge in [0.05, 0.1) is 11.7 Å². The smallest absolute Gasteiger partial charge is 0.393 e. The number of halogens is 3. The predicted octanol–water partition coefficient (Wildman–Crippen LogP) is 3.02. The lowest BCUT2D eigenvalue weighted by Crippen LogP contribution is -2.10. The minimum absolute atomic E-state index is 0.319. The third-order valence-electron chi connectivity index (χ3n) is 2.37. The third-order valence-corrected chi connectivity index (χ3v) is 2.37. The quantitative estimate of drug-likeness (QED) is 0.805. The molecule has 1 rings (SSSR count). The van der Waals surface area contributed by atoms with Crippen LogP contribution >= 0.6 is 0 Å². The van der Waals surface area contributed by atoms with Crippen LogP contribution in [0.3, 0.4) is 0 Å². The lowest BCUT2D eigenvalue weighted by molar-refractivity contribution is -0.137. The van der Waals surface area contributed by atoms with Crippen LogP contribution in [-0.2, 0) is 12.6 Å². The van der Waals surface area contributed by atoms with Gasteiger partial charge in [-0.15, -0.1) is 12.3 Å². The predicted molar refractivity (Wildman–Crippen MR) is 59.2 cm³/mol. The summed E-state index contributed by atoms with van der Waals surface area (Å²) in [5.74, 6) is 2.40. The number of hydrogen-bond acceptors (Lipinski definition) is 1. The maximum Gasteiger partial charge on any atom is 0.416 e. The Labute approximate surface area is 98.3 Å². The topological polar surface area (TPSA) is 20.2 Å². The summed E-state index contributed by atoms with van der Waals surface area (Å²) >= 11 is 0. The molecule has 1 N–H and O–H groups in total. The second-order valence-corrected chi connectivity index (χ2v) is 3.80. The zero-order valence-electron chi connectivity index (χ0n) is 9.17. The molecule has 0 spiro atoms. The molecule has 0 saturated carbocycles. The van der Waals surface area contributed by atoms with E-state index in [4.69, 9.17) is 6.42 Å². The number of alkyl halides is 3. The highest BCUT2D eigenvalue weighted by Gasteiger charge is 2.29. The Hall–Kier alpha value is -1.47. The van der Waals surface area contributed by atoms with Crippen molar-refractivity contribution in [2.24, 2.45) is 0 Å². The van der Waals surface area contributed by atoms with Crippen LogP contribution in [0.4, 0.5) is 13.2 Å². The molecule has 1 nitrogen and oxygen atoms in total. The molecule has 0 heterocycles. The second kappa shape index (κ2) is 5.74. The van der Waals surface area contributed by atoms with Gasteiger partial charge in [0.15, 0.2) is 0 Å². The highest BCUT2D eigenvalue weighted by Crippen LogP contribution is 2.29. The number of aliphatic hydroxyl groups excluding tert-OH is 1. The first-order valence-corrected chi connectivity index (χ1v) is 5.21. The van der Waals surface area contributed by atoms with Crippen molar-refractivity contribution in [3.63, 3.8) is 0 Å². The van der Waals surface area contributed by atoms with Gasteiger partial charge in [0.25, 0.3) is 0 Å². The SMILES string of the molecule is C#CCCC(O)Cc1ccc(C(F)(F)F)cc1. The third kappa shape index (κ3) is 4.49. The Morgan fingerprint density at radius 3 is 2.29 bits per heavy atom. The zero-order valence-corrected chi connectivity index (χ0v) is 9.17. The maximum atomic E-state index is 12.3. The molecule has 0 aliphatic carbocycles. The van der Waals surface area contributed by atoms with E-state index in [2.05, 4.69) is 5.92 Å². The van der Waals surface area contributed by atoms with Crippen molar-refractivity contribution in [3.05, 3.63) is 35.4 Å². The lowest BCUT2D eigenvalue weighted by atomic mass is 10.0. The normalized spacial score (nSPS) is 13.1. The highest BCUT2D eigenvalue weighted by atomic mass is 19.4. The first-order chi connectivity index (χ1) is 7.93. The molecular weight excluding hydrogens is 229 g/mol. The Balaban J connectivity index is 2.60. The van der Waals surface area contributed by atoms with Gasteiger partial charge in [0.2, 0.25) is 0 Å². The van der Waals surface area contributed by atoms with Crippen LogP contribution in [0.25, 0.3) is 0 Å². The van der Waals surface area contributed by atoms with Crippen molar-refractivity contribution in [1.29, 1.82) is 0 Å². The molecule has 92 valence electrons. The van der Waals surface area contributed by atoms with Crippen LogP contribution in [-0.4, -0.2) is 11.2 Å². The summed E-state index contributed by atoms with van der Waals surface area (Å²) in [7, 11) is 0. The van der Waals surface area contributed by atoms with Gasteiger partial charge in [-0.05, 0) is 30.5 Å². The van der Waals surface area contributed by atoms with Gasteiger partial charge in [0.1, 0.15) is 0 Å². The second-order valence-electron chi connectivity index (χ2n) is 3.80. The van der Waals surface area contributed by atoms with E-state index in [0.29, 0.717) is 24.8 Å². The molecule has 0 aliphatic rings. The summed E-state index contributed by atoms with van der Waals surface area (Å²) in [4.78, 5) is 0. The van der Waals surface area contributed by atoms with E-state index in [9.17, 15) is 18.3 Å². The van der Waals surface area contributed by atoms with E-state index in [0.717, 1.165) is 12.1 Å². The largest absolute Gasteiger partial charge is 0.416 e. The molecule has 4 heteroatoms. The van der Waals surface area contributed by atoms with E-state index < -0.39 is 17.8 Å². The van der Waals surface area contributed by atoms with Crippen LogP contribution in [0.2, 0.25) is 0 Å². The van der Waals surface area contributed by atoms with Crippen LogP contribution in [0.15, 0.2) is 24.3 Å². The van der Waals surface area contributed by atoms with Crippen molar-refractivity contribution in [1.82, 2.24) is 0 Å². The summed E-state index contributed by atoms with van der Waals surface area (Å²) in [6, 6.07) is 4.79. The summed E-state index contributed by atoms with van der Waals surface area (Å²) < 4.78 is 36.8. The van der Waals surface area contributed by atoms with Crippen LogP contribution < -0.4 is 0 Å². The van der Waals surface area contributed by atoms with Gasteiger partial charge >= 0.3 is 6.18 Å². The van der Waals surface area contributed by atoms with Gasteiger partial charge in [-0.3, -0.25) is 0 Å². The monoisotopic (exact) mass is 242 g/mol. The van der Waals surface area contributed by atoms with Crippen LogP contribution in [0.1, 0.15) is 24.0 Å². The molecule has 0 aliphatic heterocycles. The minimum Gasteiger partial charge on any atom is -0.393 e. The number of aliphatic hydroxyl groups is 1. The average Bonchev–Trinajstić information content (AvgIpc) is 2.26. The fraction of sp³-hybridized carbons (Fsp3) is 0.385. The Morgan fingerprint density at radius 1 is 1.24 bits per heavy atom. The summed E-state index contributed by atoms with van der Waals surface area (Å²) in [5, 5.41) is 9.55. The highest BCUT2D eigenvalue weighted by molar-refractivity contribution is 5.25.